The van der Waals surface area contributed by atoms with Gasteiger partial charge in [0.05, 0.1) is 6.26 Å². The normalized spacial score (nSPS) is 17.7. The SMILES string of the molecule is CN(C(=O)c1ccc(Br)cn1)C1CCN(S(C)(=O)=O)CC1. The van der Waals surface area contributed by atoms with Crippen molar-refractivity contribution in [3.05, 3.63) is 28.5 Å². The smallest absolute Gasteiger partial charge is 0.272 e. The molecule has 0 aromatic carbocycles. The molecule has 0 radical (unpaired) electrons. The van der Waals surface area contributed by atoms with Crippen molar-refractivity contribution in [2.45, 2.75) is 18.9 Å². The second-order valence-corrected chi connectivity index (χ2v) is 8.07. The zero-order chi connectivity index (χ0) is 15.6. The summed E-state index contributed by atoms with van der Waals surface area (Å²) in [6, 6.07) is 3.50. The van der Waals surface area contributed by atoms with E-state index < -0.39 is 10.0 Å². The Kier molecular flexibility index (Phi) is 5.00. The minimum atomic E-state index is -3.14. The molecule has 0 unspecified atom stereocenters. The number of halogens is 1. The fraction of sp³-hybridized carbons (Fsp3) is 0.538. The van der Waals surface area contributed by atoms with Crippen LogP contribution in [0.1, 0.15) is 23.3 Å². The fourth-order valence-electron chi connectivity index (χ4n) is 2.41. The van der Waals surface area contributed by atoms with E-state index in [0.717, 1.165) is 4.47 Å². The quantitative estimate of drug-likeness (QED) is 0.798. The maximum absolute atomic E-state index is 12.3. The molecule has 6 nitrogen and oxygen atoms in total. The van der Waals surface area contributed by atoms with Gasteiger partial charge in [0, 0.05) is 36.8 Å². The van der Waals surface area contributed by atoms with Crippen molar-refractivity contribution in [3.63, 3.8) is 0 Å². The standard InChI is InChI=1S/C13H18BrN3O3S/c1-16(13(18)12-4-3-10(14)9-15-12)11-5-7-17(8-6-11)21(2,19)20/h3-4,9,11H,5-8H2,1-2H3. The molecular weight excluding hydrogens is 358 g/mol. The van der Waals surface area contributed by atoms with Gasteiger partial charge in [0.15, 0.2) is 0 Å². The van der Waals surface area contributed by atoms with Gasteiger partial charge in [-0.1, -0.05) is 0 Å². The number of amides is 1. The summed E-state index contributed by atoms with van der Waals surface area (Å²) in [5, 5.41) is 0. The first-order valence-corrected chi connectivity index (χ1v) is 9.27. The van der Waals surface area contributed by atoms with Gasteiger partial charge in [-0.25, -0.2) is 17.7 Å². The van der Waals surface area contributed by atoms with E-state index in [2.05, 4.69) is 20.9 Å². The molecule has 0 spiro atoms. The number of pyridine rings is 1. The summed E-state index contributed by atoms with van der Waals surface area (Å²) in [5.74, 6) is -0.139. The third kappa shape index (κ3) is 4.02. The predicted octanol–water partition coefficient (Wildman–Crippen LogP) is 1.34. The highest BCUT2D eigenvalue weighted by molar-refractivity contribution is 9.10. The van der Waals surface area contributed by atoms with Gasteiger partial charge in [-0.2, -0.15) is 0 Å². The van der Waals surface area contributed by atoms with E-state index >= 15 is 0 Å². The van der Waals surface area contributed by atoms with E-state index in [9.17, 15) is 13.2 Å². The van der Waals surface area contributed by atoms with Crippen LogP contribution >= 0.6 is 15.9 Å². The van der Waals surface area contributed by atoms with Crippen LogP contribution in [0.5, 0.6) is 0 Å². The Balaban J connectivity index is 2.00. The molecule has 0 aliphatic carbocycles. The Morgan fingerprint density at radius 3 is 2.48 bits per heavy atom. The van der Waals surface area contributed by atoms with Crippen LogP contribution in [0.3, 0.4) is 0 Å². The van der Waals surface area contributed by atoms with E-state index in [1.54, 1.807) is 30.3 Å². The molecular formula is C13H18BrN3O3S. The summed E-state index contributed by atoms with van der Waals surface area (Å²) >= 11 is 3.28. The first-order chi connectivity index (χ1) is 9.79. The van der Waals surface area contributed by atoms with Crippen LogP contribution in [-0.2, 0) is 10.0 Å². The number of carbonyl (C=O) groups is 1. The Hall–Kier alpha value is -0.990. The lowest BCUT2D eigenvalue weighted by atomic mass is 10.0. The Bertz CT molecular complexity index is 610. The van der Waals surface area contributed by atoms with E-state index in [-0.39, 0.29) is 11.9 Å². The highest BCUT2D eigenvalue weighted by Gasteiger charge is 2.29. The maximum atomic E-state index is 12.3. The second-order valence-electron chi connectivity index (χ2n) is 5.17. The van der Waals surface area contributed by atoms with E-state index in [1.165, 1.54) is 10.6 Å². The van der Waals surface area contributed by atoms with Crippen LogP contribution in [0.4, 0.5) is 0 Å². The molecule has 1 fully saturated rings. The minimum absolute atomic E-state index is 0.0425. The van der Waals surface area contributed by atoms with Crippen LogP contribution in [0.2, 0.25) is 0 Å². The van der Waals surface area contributed by atoms with E-state index in [0.29, 0.717) is 31.6 Å². The number of aromatic nitrogens is 1. The predicted molar refractivity (Wildman–Crippen MR) is 83.5 cm³/mol. The van der Waals surface area contributed by atoms with Crippen molar-refractivity contribution in [3.8, 4) is 0 Å². The molecule has 21 heavy (non-hydrogen) atoms. The van der Waals surface area contributed by atoms with Crippen molar-refractivity contribution < 1.29 is 13.2 Å². The second kappa shape index (κ2) is 6.41. The largest absolute Gasteiger partial charge is 0.337 e. The van der Waals surface area contributed by atoms with Crippen molar-refractivity contribution >= 4 is 31.9 Å². The molecule has 1 aromatic heterocycles. The van der Waals surface area contributed by atoms with Crippen LogP contribution in [0, 0.1) is 0 Å². The monoisotopic (exact) mass is 375 g/mol. The summed E-state index contributed by atoms with van der Waals surface area (Å²) in [4.78, 5) is 18.1. The van der Waals surface area contributed by atoms with E-state index in [1.807, 2.05) is 0 Å². The summed E-state index contributed by atoms with van der Waals surface area (Å²) in [5.41, 5.74) is 0.395. The topological polar surface area (TPSA) is 70.6 Å². The number of sulfonamides is 1. The van der Waals surface area contributed by atoms with Gasteiger partial charge in [0.1, 0.15) is 5.69 Å². The summed E-state index contributed by atoms with van der Waals surface area (Å²) in [6.45, 7) is 0.907. The molecule has 0 bridgehead atoms. The van der Waals surface area contributed by atoms with E-state index in [4.69, 9.17) is 0 Å². The van der Waals surface area contributed by atoms with Gasteiger partial charge < -0.3 is 4.90 Å². The number of nitrogens with zero attached hydrogens (tertiary/aromatic N) is 3. The molecule has 1 amide bonds. The van der Waals surface area contributed by atoms with Crippen molar-refractivity contribution in [2.75, 3.05) is 26.4 Å². The zero-order valence-electron chi connectivity index (χ0n) is 12.0. The number of rotatable bonds is 3. The van der Waals surface area contributed by atoms with Crippen molar-refractivity contribution in [1.29, 1.82) is 0 Å². The molecule has 0 saturated carbocycles. The van der Waals surface area contributed by atoms with Gasteiger partial charge in [0.25, 0.3) is 5.91 Å². The van der Waals surface area contributed by atoms with Gasteiger partial charge in [-0.05, 0) is 40.9 Å². The van der Waals surface area contributed by atoms with Crippen molar-refractivity contribution in [2.24, 2.45) is 0 Å². The molecule has 1 aliphatic rings. The van der Waals surface area contributed by atoms with Crippen LogP contribution in [0.25, 0.3) is 0 Å². The Morgan fingerprint density at radius 2 is 2.00 bits per heavy atom. The summed E-state index contributed by atoms with van der Waals surface area (Å²) < 4.78 is 25.2. The van der Waals surface area contributed by atoms with Crippen LogP contribution in [0.15, 0.2) is 22.8 Å². The fourth-order valence-corrected chi connectivity index (χ4v) is 3.52. The zero-order valence-corrected chi connectivity index (χ0v) is 14.4. The first kappa shape index (κ1) is 16.4. The average Bonchev–Trinajstić information content (AvgIpc) is 2.46. The van der Waals surface area contributed by atoms with Crippen LogP contribution < -0.4 is 0 Å². The molecule has 2 rings (SSSR count). The van der Waals surface area contributed by atoms with Crippen molar-refractivity contribution in [1.82, 2.24) is 14.2 Å². The first-order valence-electron chi connectivity index (χ1n) is 6.63. The number of hydrogen-bond donors (Lipinski definition) is 0. The molecule has 0 atom stereocenters. The molecule has 116 valence electrons. The lowest BCUT2D eigenvalue weighted by Gasteiger charge is -2.35. The average molecular weight is 376 g/mol. The van der Waals surface area contributed by atoms with Gasteiger partial charge >= 0.3 is 0 Å². The summed E-state index contributed by atoms with van der Waals surface area (Å²) in [7, 11) is -1.40. The molecule has 8 heteroatoms. The van der Waals surface area contributed by atoms with Gasteiger partial charge in [-0.3, -0.25) is 4.79 Å². The van der Waals surface area contributed by atoms with Crippen LogP contribution in [-0.4, -0.2) is 60.9 Å². The third-order valence-electron chi connectivity index (χ3n) is 3.71. The molecule has 1 aromatic rings. The number of piperidine rings is 1. The Labute approximate surface area is 133 Å². The number of hydrogen-bond acceptors (Lipinski definition) is 4. The maximum Gasteiger partial charge on any atom is 0.272 e. The highest BCUT2D eigenvalue weighted by atomic mass is 79.9. The Morgan fingerprint density at radius 1 is 1.38 bits per heavy atom. The molecule has 2 heterocycles. The molecule has 1 saturated heterocycles. The highest BCUT2D eigenvalue weighted by Crippen LogP contribution is 2.19. The third-order valence-corrected chi connectivity index (χ3v) is 5.48. The lowest BCUT2D eigenvalue weighted by Crippen LogP contribution is -2.47. The van der Waals surface area contributed by atoms with Gasteiger partial charge in [0.2, 0.25) is 10.0 Å². The molecule has 1 aliphatic heterocycles. The minimum Gasteiger partial charge on any atom is -0.337 e. The molecule has 0 N–H and O–H groups in total. The lowest BCUT2D eigenvalue weighted by molar-refractivity contribution is 0.0676. The number of carbonyl (C=O) groups excluding carboxylic acids is 1. The summed E-state index contributed by atoms with van der Waals surface area (Å²) in [6.07, 6.45) is 4.10. The van der Waals surface area contributed by atoms with Gasteiger partial charge in [-0.15, -0.1) is 0 Å².